The minimum absolute atomic E-state index is 0.231. The van der Waals surface area contributed by atoms with Crippen LogP contribution in [0.1, 0.15) is 47.0 Å². The number of nitrogens with zero attached hydrogens (tertiary/aromatic N) is 1. The molecule has 2 fully saturated rings. The molecule has 2 heterocycles. The highest BCUT2D eigenvalue weighted by Crippen LogP contribution is 2.23. The highest BCUT2D eigenvalue weighted by atomic mass is 16.5. The molecular formula is C14H28N2O. The number of ether oxygens (including phenoxy) is 1. The van der Waals surface area contributed by atoms with E-state index in [0.29, 0.717) is 18.2 Å². The standard InChI is InChI=1S/C14H28N2O/c1-11-7-8-15-14(3,4)10-16(11)9-13-6-5-12(2)17-13/h11-13,15H,5-10H2,1-4H3. The van der Waals surface area contributed by atoms with E-state index < -0.39 is 0 Å². The Balaban J connectivity index is 1.92. The molecule has 0 aromatic carbocycles. The maximum atomic E-state index is 5.96. The lowest BCUT2D eigenvalue weighted by Crippen LogP contribution is -2.49. The fourth-order valence-corrected chi connectivity index (χ4v) is 3.05. The van der Waals surface area contributed by atoms with Gasteiger partial charge in [0.1, 0.15) is 0 Å². The zero-order valence-electron chi connectivity index (χ0n) is 11.8. The van der Waals surface area contributed by atoms with Crippen LogP contribution in [-0.2, 0) is 4.74 Å². The van der Waals surface area contributed by atoms with Crippen LogP contribution in [0.25, 0.3) is 0 Å². The summed E-state index contributed by atoms with van der Waals surface area (Å²) in [6, 6.07) is 0.670. The second kappa shape index (κ2) is 5.25. The van der Waals surface area contributed by atoms with E-state index in [9.17, 15) is 0 Å². The van der Waals surface area contributed by atoms with Crippen LogP contribution >= 0.6 is 0 Å². The molecule has 3 heteroatoms. The van der Waals surface area contributed by atoms with Crippen molar-refractivity contribution in [3.8, 4) is 0 Å². The Bertz CT molecular complexity index is 255. The van der Waals surface area contributed by atoms with E-state index in [1.807, 2.05) is 0 Å². The number of nitrogens with one attached hydrogen (secondary N) is 1. The third-order valence-electron chi connectivity index (χ3n) is 4.15. The molecule has 2 aliphatic heterocycles. The summed E-state index contributed by atoms with van der Waals surface area (Å²) in [7, 11) is 0. The van der Waals surface area contributed by atoms with E-state index in [0.717, 1.165) is 19.6 Å². The first kappa shape index (κ1) is 13.3. The zero-order chi connectivity index (χ0) is 12.5. The highest BCUT2D eigenvalue weighted by Gasteiger charge is 2.31. The van der Waals surface area contributed by atoms with Crippen molar-refractivity contribution in [3.05, 3.63) is 0 Å². The molecule has 0 saturated carbocycles. The van der Waals surface area contributed by atoms with Crippen LogP contribution in [0, 0.1) is 0 Å². The van der Waals surface area contributed by atoms with Crippen molar-refractivity contribution in [3.63, 3.8) is 0 Å². The monoisotopic (exact) mass is 240 g/mol. The first-order valence-corrected chi connectivity index (χ1v) is 7.11. The molecule has 2 saturated heterocycles. The molecule has 0 aliphatic carbocycles. The molecule has 3 unspecified atom stereocenters. The summed E-state index contributed by atoms with van der Waals surface area (Å²) in [6.45, 7) is 12.5. The lowest BCUT2D eigenvalue weighted by Gasteiger charge is -2.34. The van der Waals surface area contributed by atoms with Crippen molar-refractivity contribution in [1.82, 2.24) is 10.2 Å². The van der Waals surface area contributed by atoms with Gasteiger partial charge in [-0.05, 0) is 53.5 Å². The molecule has 0 spiro atoms. The Morgan fingerprint density at radius 3 is 2.65 bits per heavy atom. The Hall–Kier alpha value is -0.120. The van der Waals surface area contributed by atoms with Gasteiger partial charge in [0.2, 0.25) is 0 Å². The summed E-state index contributed by atoms with van der Waals surface area (Å²) >= 11 is 0. The van der Waals surface area contributed by atoms with Crippen molar-refractivity contribution in [2.24, 2.45) is 0 Å². The van der Waals surface area contributed by atoms with E-state index in [1.165, 1.54) is 19.3 Å². The fraction of sp³-hybridized carbons (Fsp3) is 1.00. The minimum atomic E-state index is 0.231. The molecule has 0 radical (unpaired) electrons. The molecule has 17 heavy (non-hydrogen) atoms. The Labute approximate surface area is 106 Å². The summed E-state index contributed by atoms with van der Waals surface area (Å²) in [6.07, 6.45) is 4.63. The molecule has 100 valence electrons. The van der Waals surface area contributed by atoms with Gasteiger partial charge in [0.25, 0.3) is 0 Å². The lowest BCUT2D eigenvalue weighted by molar-refractivity contribution is 0.0200. The van der Waals surface area contributed by atoms with Gasteiger partial charge >= 0.3 is 0 Å². The van der Waals surface area contributed by atoms with Crippen LogP contribution in [0.15, 0.2) is 0 Å². The first-order valence-electron chi connectivity index (χ1n) is 7.11. The molecule has 3 nitrogen and oxygen atoms in total. The molecule has 0 aromatic rings. The van der Waals surface area contributed by atoms with Gasteiger partial charge in [-0.25, -0.2) is 0 Å². The van der Waals surface area contributed by atoms with Crippen molar-refractivity contribution in [1.29, 1.82) is 0 Å². The predicted octanol–water partition coefficient (Wildman–Crippen LogP) is 2.02. The quantitative estimate of drug-likeness (QED) is 0.799. The Morgan fingerprint density at radius 1 is 1.24 bits per heavy atom. The minimum Gasteiger partial charge on any atom is -0.374 e. The largest absolute Gasteiger partial charge is 0.374 e. The van der Waals surface area contributed by atoms with Crippen LogP contribution < -0.4 is 5.32 Å². The molecule has 0 bridgehead atoms. The van der Waals surface area contributed by atoms with Crippen LogP contribution in [0.4, 0.5) is 0 Å². The second-order valence-corrected chi connectivity index (χ2v) is 6.52. The number of hydrogen-bond acceptors (Lipinski definition) is 3. The normalized spacial score (nSPS) is 39.2. The van der Waals surface area contributed by atoms with E-state index in [1.54, 1.807) is 0 Å². The molecule has 3 atom stereocenters. The van der Waals surface area contributed by atoms with Gasteiger partial charge in [-0.3, -0.25) is 4.90 Å². The van der Waals surface area contributed by atoms with Gasteiger partial charge in [-0.2, -0.15) is 0 Å². The first-order chi connectivity index (χ1) is 7.96. The fourth-order valence-electron chi connectivity index (χ4n) is 3.05. The van der Waals surface area contributed by atoms with Gasteiger partial charge in [0, 0.05) is 24.7 Å². The SMILES string of the molecule is CC1CCC(CN2CC(C)(C)NCCC2C)O1. The van der Waals surface area contributed by atoms with Crippen molar-refractivity contribution in [2.75, 3.05) is 19.6 Å². The van der Waals surface area contributed by atoms with Gasteiger partial charge in [0.15, 0.2) is 0 Å². The smallest absolute Gasteiger partial charge is 0.0706 e. The van der Waals surface area contributed by atoms with Gasteiger partial charge < -0.3 is 10.1 Å². The Kier molecular flexibility index (Phi) is 4.11. The average molecular weight is 240 g/mol. The van der Waals surface area contributed by atoms with Crippen LogP contribution in [0.3, 0.4) is 0 Å². The summed E-state index contributed by atoms with van der Waals surface area (Å²) in [5.41, 5.74) is 0.231. The second-order valence-electron chi connectivity index (χ2n) is 6.52. The van der Waals surface area contributed by atoms with Gasteiger partial charge in [-0.15, -0.1) is 0 Å². The van der Waals surface area contributed by atoms with Gasteiger partial charge in [-0.1, -0.05) is 0 Å². The molecule has 2 rings (SSSR count). The van der Waals surface area contributed by atoms with Gasteiger partial charge in [0.05, 0.1) is 12.2 Å². The Morgan fingerprint density at radius 2 is 2.00 bits per heavy atom. The number of hydrogen-bond donors (Lipinski definition) is 1. The van der Waals surface area contributed by atoms with Crippen LogP contribution in [0.5, 0.6) is 0 Å². The maximum absolute atomic E-state index is 5.96. The van der Waals surface area contributed by atoms with Crippen LogP contribution in [0.2, 0.25) is 0 Å². The molecular weight excluding hydrogens is 212 g/mol. The van der Waals surface area contributed by atoms with Crippen molar-refractivity contribution < 1.29 is 4.74 Å². The zero-order valence-corrected chi connectivity index (χ0v) is 11.8. The van der Waals surface area contributed by atoms with E-state index in [-0.39, 0.29) is 5.54 Å². The summed E-state index contributed by atoms with van der Waals surface area (Å²) in [4.78, 5) is 2.61. The van der Waals surface area contributed by atoms with E-state index in [4.69, 9.17) is 4.74 Å². The summed E-state index contributed by atoms with van der Waals surface area (Å²) in [5, 5.41) is 3.63. The molecule has 2 aliphatic rings. The van der Waals surface area contributed by atoms with Crippen molar-refractivity contribution >= 4 is 0 Å². The third-order valence-corrected chi connectivity index (χ3v) is 4.15. The topological polar surface area (TPSA) is 24.5 Å². The van der Waals surface area contributed by atoms with E-state index >= 15 is 0 Å². The number of rotatable bonds is 2. The molecule has 0 aromatic heterocycles. The predicted molar refractivity (Wildman–Crippen MR) is 71.3 cm³/mol. The highest BCUT2D eigenvalue weighted by molar-refractivity contribution is 4.89. The van der Waals surface area contributed by atoms with Crippen LogP contribution in [-0.4, -0.2) is 48.3 Å². The van der Waals surface area contributed by atoms with Crippen molar-refractivity contribution in [2.45, 2.75) is 70.7 Å². The molecule has 0 amide bonds. The third kappa shape index (κ3) is 3.67. The maximum Gasteiger partial charge on any atom is 0.0706 e. The lowest BCUT2D eigenvalue weighted by atomic mass is 10.0. The molecule has 1 N–H and O–H groups in total. The van der Waals surface area contributed by atoms with E-state index in [2.05, 4.69) is 37.9 Å². The summed E-state index contributed by atoms with van der Waals surface area (Å²) in [5.74, 6) is 0. The summed E-state index contributed by atoms with van der Waals surface area (Å²) < 4.78 is 5.96. The average Bonchev–Trinajstić information content (AvgIpc) is 2.56.